The highest BCUT2D eigenvalue weighted by molar-refractivity contribution is 6.31. The molecule has 0 amide bonds. The number of halogens is 1. The maximum atomic E-state index is 6.33. The summed E-state index contributed by atoms with van der Waals surface area (Å²) in [6.45, 7) is 4.49. The summed E-state index contributed by atoms with van der Waals surface area (Å²) >= 11 is 6.33. The third kappa shape index (κ3) is 3.62. The molecule has 0 saturated carbocycles. The van der Waals surface area contributed by atoms with Gasteiger partial charge in [-0.3, -0.25) is 0 Å². The molecule has 0 spiro atoms. The molecule has 2 rings (SSSR count). The maximum absolute atomic E-state index is 6.33. The van der Waals surface area contributed by atoms with Crippen molar-refractivity contribution >= 4 is 11.6 Å². The van der Waals surface area contributed by atoms with Crippen molar-refractivity contribution in [3.63, 3.8) is 0 Å². The van der Waals surface area contributed by atoms with E-state index in [2.05, 4.69) is 49.5 Å². The molecule has 0 aliphatic heterocycles. The van der Waals surface area contributed by atoms with Gasteiger partial charge in [0.2, 0.25) is 0 Å². The predicted molar refractivity (Wildman–Crippen MR) is 87.3 cm³/mol. The molecule has 2 aromatic carbocycles. The molecule has 2 heteroatoms. The minimum Gasteiger partial charge on any atom is -0.309 e. The number of hydrogen-bond donors (Lipinski definition) is 1. The van der Waals surface area contributed by atoms with Crippen LogP contribution in [0.5, 0.6) is 0 Å². The first-order valence-electron chi connectivity index (χ1n) is 7.12. The Kier molecular flexibility index (Phi) is 5.22. The fourth-order valence-corrected chi connectivity index (χ4v) is 2.83. The average Bonchev–Trinajstić information content (AvgIpc) is 2.41. The van der Waals surface area contributed by atoms with E-state index in [0.717, 1.165) is 17.0 Å². The molecule has 2 aromatic rings. The lowest BCUT2D eigenvalue weighted by molar-refractivity contribution is 0.643. The lowest BCUT2D eigenvalue weighted by Gasteiger charge is -2.19. The van der Waals surface area contributed by atoms with Crippen molar-refractivity contribution in [3.8, 4) is 0 Å². The molecule has 1 unspecified atom stereocenters. The van der Waals surface area contributed by atoms with E-state index in [1.54, 1.807) is 0 Å². The second-order valence-electron chi connectivity index (χ2n) is 5.59. The van der Waals surface area contributed by atoms with Crippen LogP contribution in [0, 0.1) is 5.92 Å². The van der Waals surface area contributed by atoms with Crippen molar-refractivity contribution < 1.29 is 0 Å². The van der Waals surface area contributed by atoms with Gasteiger partial charge in [-0.25, -0.2) is 0 Å². The van der Waals surface area contributed by atoms with E-state index in [0.29, 0.717) is 5.92 Å². The van der Waals surface area contributed by atoms with Crippen LogP contribution in [0.15, 0.2) is 48.5 Å². The molecule has 0 aromatic heterocycles. The van der Waals surface area contributed by atoms with Crippen molar-refractivity contribution in [2.45, 2.75) is 26.3 Å². The van der Waals surface area contributed by atoms with Crippen LogP contribution in [-0.2, 0) is 6.42 Å². The minimum atomic E-state index is 0.135. The van der Waals surface area contributed by atoms with Gasteiger partial charge in [0.25, 0.3) is 0 Å². The molecule has 20 heavy (non-hydrogen) atoms. The van der Waals surface area contributed by atoms with E-state index in [-0.39, 0.29) is 6.04 Å². The van der Waals surface area contributed by atoms with E-state index in [9.17, 15) is 0 Å². The monoisotopic (exact) mass is 287 g/mol. The van der Waals surface area contributed by atoms with Crippen LogP contribution < -0.4 is 5.32 Å². The molecule has 0 aliphatic rings. The summed E-state index contributed by atoms with van der Waals surface area (Å²) in [5, 5.41) is 4.18. The fourth-order valence-electron chi connectivity index (χ4n) is 2.58. The summed E-state index contributed by atoms with van der Waals surface area (Å²) in [4.78, 5) is 0. The van der Waals surface area contributed by atoms with Gasteiger partial charge in [-0.1, -0.05) is 67.9 Å². The van der Waals surface area contributed by atoms with Crippen molar-refractivity contribution in [1.82, 2.24) is 5.32 Å². The standard InChI is InChI=1S/C18H22ClN/c1-13(2)11-14-7-6-8-15(12-14)18(20-3)16-9-4-5-10-17(16)19/h4-10,12-13,18,20H,11H2,1-3H3. The SMILES string of the molecule is CNC(c1cccc(CC(C)C)c1)c1ccccc1Cl. The van der Waals surface area contributed by atoms with Crippen LogP contribution in [0.4, 0.5) is 0 Å². The Morgan fingerprint density at radius 1 is 1.05 bits per heavy atom. The molecule has 0 radical (unpaired) electrons. The lowest BCUT2D eigenvalue weighted by Crippen LogP contribution is -2.18. The van der Waals surface area contributed by atoms with Crippen molar-refractivity contribution in [2.24, 2.45) is 5.92 Å². The van der Waals surface area contributed by atoms with Gasteiger partial charge in [0, 0.05) is 5.02 Å². The van der Waals surface area contributed by atoms with Crippen LogP contribution in [0.25, 0.3) is 0 Å². The summed E-state index contributed by atoms with van der Waals surface area (Å²) in [5.41, 5.74) is 3.77. The Balaban J connectivity index is 2.35. The van der Waals surface area contributed by atoms with Crippen molar-refractivity contribution in [2.75, 3.05) is 7.05 Å². The van der Waals surface area contributed by atoms with E-state index in [1.165, 1.54) is 11.1 Å². The van der Waals surface area contributed by atoms with Crippen LogP contribution in [0.1, 0.15) is 36.6 Å². The van der Waals surface area contributed by atoms with E-state index in [4.69, 9.17) is 11.6 Å². The molecule has 106 valence electrons. The molecular formula is C18H22ClN. The zero-order valence-electron chi connectivity index (χ0n) is 12.4. The number of rotatable bonds is 5. The molecule has 0 saturated heterocycles. The number of benzene rings is 2. The normalized spacial score (nSPS) is 12.7. The quantitative estimate of drug-likeness (QED) is 0.829. The van der Waals surface area contributed by atoms with Gasteiger partial charge in [0.1, 0.15) is 0 Å². The van der Waals surface area contributed by atoms with Gasteiger partial charge < -0.3 is 5.32 Å². The minimum absolute atomic E-state index is 0.135. The van der Waals surface area contributed by atoms with Gasteiger partial charge in [0.05, 0.1) is 6.04 Å². The Labute approximate surface area is 127 Å². The smallest absolute Gasteiger partial charge is 0.0589 e. The Morgan fingerprint density at radius 3 is 2.45 bits per heavy atom. The zero-order chi connectivity index (χ0) is 14.5. The highest BCUT2D eigenvalue weighted by Crippen LogP contribution is 2.28. The first-order valence-corrected chi connectivity index (χ1v) is 7.50. The van der Waals surface area contributed by atoms with Gasteiger partial charge in [0.15, 0.2) is 0 Å². The van der Waals surface area contributed by atoms with Gasteiger partial charge in [-0.2, -0.15) is 0 Å². The van der Waals surface area contributed by atoms with Crippen LogP contribution >= 0.6 is 11.6 Å². The summed E-state index contributed by atoms with van der Waals surface area (Å²) in [7, 11) is 1.98. The van der Waals surface area contributed by atoms with Crippen molar-refractivity contribution in [1.29, 1.82) is 0 Å². The maximum Gasteiger partial charge on any atom is 0.0589 e. The Morgan fingerprint density at radius 2 is 1.80 bits per heavy atom. The van der Waals surface area contributed by atoms with Gasteiger partial charge >= 0.3 is 0 Å². The predicted octanol–water partition coefficient (Wildman–Crippen LogP) is 4.85. The number of hydrogen-bond acceptors (Lipinski definition) is 1. The molecule has 1 nitrogen and oxygen atoms in total. The fraction of sp³-hybridized carbons (Fsp3) is 0.333. The Hall–Kier alpha value is -1.31. The second kappa shape index (κ2) is 6.92. The summed E-state index contributed by atoms with van der Waals surface area (Å²) in [5.74, 6) is 0.665. The summed E-state index contributed by atoms with van der Waals surface area (Å²) < 4.78 is 0. The second-order valence-corrected chi connectivity index (χ2v) is 5.99. The molecule has 1 N–H and O–H groups in total. The van der Waals surface area contributed by atoms with Gasteiger partial charge in [-0.15, -0.1) is 0 Å². The third-order valence-corrected chi connectivity index (χ3v) is 3.78. The molecule has 0 bridgehead atoms. The molecule has 0 fully saturated rings. The van der Waals surface area contributed by atoms with E-state index < -0.39 is 0 Å². The van der Waals surface area contributed by atoms with Gasteiger partial charge in [-0.05, 0) is 42.1 Å². The van der Waals surface area contributed by atoms with Crippen LogP contribution in [0.3, 0.4) is 0 Å². The summed E-state index contributed by atoms with van der Waals surface area (Å²) in [6, 6.07) is 16.9. The third-order valence-electron chi connectivity index (χ3n) is 3.43. The molecule has 0 heterocycles. The first kappa shape index (κ1) is 15.1. The Bertz CT molecular complexity index is 563. The van der Waals surface area contributed by atoms with Crippen LogP contribution in [-0.4, -0.2) is 7.05 Å². The van der Waals surface area contributed by atoms with E-state index in [1.807, 2.05) is 25.2 Å². The highest BCUT2D eigenvalue weighted by atomic mass is 35.5. The van der Waals surface area contributed by atoms with E-state index >= 15 is 0 Å². The van der Waals surface area contributed by atoms with Crippen LogP contribution in [0.2, 0.25) is 5.02 Å². The highest BCUT2D eigenvalue weighted by Gasteiger charge is 2.15. The zero-order valence-corrected chi connectivity index (χ0v) is 13.1. The lowest BCUT2D eigenvalue weighted by atomic mass is 9.94. The van der Waals surface area contributed by atoms with Crippen molar-refractivity contribution in [3.05, 3.63) is 70.2 Å². The largest absolute Gasteiger partial charge is 0.309 e. The molecular weight excluding hydrogens is 266 g/mol. The average molecular weight is 288 g/mol. The summed E-state index contributed by atoms with van der Waals surface area (Å²) in [6.07, 6.45) is 1.10. The first-order chi connectivity index (χ1) is 9.61. The molecule has 1 atom stereocenters. The topological polar surface area (TPSA) is 12.0 Å². The molecule has 0 aliphatic carbocycles. The number of nitrogens with one attached hydrogen (secondary N) is 1.